The Morgan fingerprint density at radius 3 is 2.45 bits per heavy atom. The predicted molar refractivity (Wildman–Crippen MR) is 81.1 cm³/mol. The summed E-state index contributed by atoms with van der Waals surface area (Å²) in [6, 6.07) is -0.289. The van der Waals surface area contributed by atoms with Gasteiger partial charge in [-0.2, -0.15) is 11.8 Å². The standard InChI is InChI=1S/C13H25N3O3S/c1-10(2)11(12(17)18)9-15-13(19)14-3-4-16-5-7-20-8-6-16/h10-11H,3-9H2,1-2H3,(H,17,18)(H2,14,15,19). The molecule has 0 radical (unpaired) electrons. The van der Waals surface area contributed by atoms with Gasteiger partial charge in [0.15, 0.2) is 0 Å². The fourth-order valence-corrected chi connectivity index (χ4v) is 3.00. The molecule has 6 nitrogen and oxygen atoms in total. The minimum absolute atomic E-state index is 0.00125. The van der Waals surface area contributed by atoms with Crippen molar-refractivity contribution in [3.05, 3.63) is 0 Å². The summed E-state index contributed by atoms with van der Waals surface area (Å²) < 4.78 is 0. The van der Waals surface area contributed by atoms with Gasteiger partial charge >= 0.3 is 12.0 Å². The van der Waals surface area contributed by atoms with E-state index in [1.54, 1.807) is 0 Å². The van der Waals surface area contributed by atoms with Gasteiger partial charge < -0.3 is 15.7 Å². The molecule has 1 atom stereocenters. The summed E-state index contributed by atoms with van der Waals surface area (Å²) in [7, 11) is 0. The van der Waals surface area contributed by atoms with Crippen molar-refractivity contribution in [2.75, 3.05) is 44.2 Å². The third-order valence-corrected chi connectivity index (χ3v) is 4.36. The molecule has 1 fully saturated rings. The highest BCUT2D eigenvalue weighted by atomic mass is 32.2. The van der Waals surface area contributed by atoms with Crippen molar-refractivity contribution < 1.29 is 14.7 Å². The second-order valence-corrected chi connectivity index (χ2v) is 6.50. The number of urea groups is 1. The second-order valence-electron chi connectivity index (χ2n) is 5.28. The average Bonchev–Trinajstić information content (AvgIpc) is 2.39. The minimum atomic E-state index is -0.869. The quantitative estimate of drug-likeness (QED) is 0.645. The first-order valence-electron chi connectivity index (χ1n) is 7.05. The van der Waals surface area contributed by atoms with Crippen molar-refractivity contribution in [1.29, 1.82) is 0 Å². The van der Waals surface area contributed by atoms with Gasteiger partial charge in [0, 0.05) is 44.2 Å². The number of hydrogen-bond donors (Lipinski definition) is 3. The van der Waals surface area contributed by atoms with Crippen LogP contribution in [-0.4, -0.2) is 66.2 Å². The Hall–Kier alpha value is -0.950. The molecule has 0 spiro atoms. The molecular formula is C13H25N3O3S. The molecule has 1 rings (SSSR count). The molecule has 1 aliphatic rings. The Bertz CT molecular complexity index is 320. The van der Waals surface area contributed by atoms with Crippen LogP contribution < -0.4 is 10.6 Å². The van der Waals surface area contributed by atoms with Crippen molar-refractivity contribution in [2.24, 2.45) is 11.8 Å². The molecule has 0 aliphatic carbocycles. The minimum Gasteiger partial charge on any atom is -0.481 e. The molecule has 0 aromatic rings. The molecule has 1 unspecified atom stereocenters. The maximum absolute atomic E-state index is 11.6. The predicted octanol–water partition coefficient (Wildman–Crippen LogP) is 0.691. The van der Waals surface area contributed by atoms with Crippen molar-refractivity contribution in [2.45, 2.75) is 13.8 Å². The average molecular weight is 303 g/mol. The molecule has 1 aliphatic heterocycles. The first kappa shape index (κ1) is 17.1. The van der Waals surface area contributed by atoms with Crippen molar-refractivity contribution >= 4 is 23.8 Å². The molecule has 0 aromatic carbocycles. The largest absolute Gasteiger partial charge is 0.481 e. The van der Waals surface area contributed by atoms with Gasteiger partial charge in [0.1, 0.15) is 0 Å². The summed E-state index contributed by atoms with van der Waals surface area (Å²) in [4.78, 5) is 24.9. The zero-order valence-corrected chi connectivity index (χ0v) is 13.0. The van der Waals surface area contributed by atoms with Crippen LogP contribution in [0.15, 0.2) is 0 Å². The van der Waals surface area contributed by atoms with Gasteiger partial charge in [-0.3, -0.25) is 9.69 Å². The number of carboxylic acid groups (broad SMARTS) is 1. The molecule has 2 amide bonds. The van der Waals surface area contributed by atoms with Gasteiger partial charge in [0.2, 0.25) is 0 Å². The Labute approximate surface area is 124 Å². The van der Waals surface area contributed by atoms with Crippen LogP contribution in [0.25, 0.3) is 0 Å². The summed E-state index contributed by atoms with van der Waals surface area (Å²) >= 11 is 1.96. The van der Waals surface area contributed by atoms with Gasteiger partial charge in [-0.15, -0.1) is 0 Å². The van der Waals surface area contributed by atoms with Crippen LogP contribution >= 0.6 is 11.8 Å². The SMILES string of the molecule is CC(C)C(CNC(=O)NCCN1CCSCC1)C(=O)O. The first-order chi connectivity index (χ1) is 9.50. The maximum Gasteiger partial charge on any atom is 0.314 e. The number of carbonyl (C=O) groups excluding carboxylic acids is 1. The van der Waals surface area contributed by atoms with E-state index in [1.165, 1.54) is 0 Å². The monoisotopic (exact) mass is 303 g/mol. The zero-order chi connectivity index (χ0) is 15.0. The number of hydrogen-bond acceptors (Lipinski definition) is 4. The molecule has 0 aromatic heterocycles. The second kappa shape index (κ2) is 9.07. The van der Waals surface area contributed by atoms with Crippen molar-refractivity contribution in [3.8, 4) is 0 Å². The fraction of sp³-hybridized carbons (Fsp3) is 0.846. The highest BCUT2D eigenvalue weighted by Crippen LogP contribution is 2.09. The van der Waals surface area contributed by atoms with E-state index in [1.807, 2.05) is 25.6 Å². The number of carbonyl (C=O) groups is 2. The number of nitrogens with zero attached hydrogens (tertiary/aromatic N) is 1. The van der Waals surface area contributed by atoms with Gasteiger partial charge in [-0.05, 0) is 5.92 Å². The van der Waals surface area contributed by atoms with E-state index in [-0.39, 0.29) is 18.5 Å². The third kappa shape index (κ3) is 6.47. The lowest BCUT2D eigenvalue weighted by Crippen LogP contribution is -2.44. The highest BCUT2D eigenvalue weighted by Gasteiger charge is 2.21. The van der Waals surface area contributed by atoms with E-state index in [2.05, 4.69) is 15.5 Å². The van der Waals surface area contributed by atoms with Gasteiger partial charge in [-0.25, -0.2) is 4.79 Å². The topological polar surface area (TPSA) is 81.7 Å². The molecule has 3 N–H and O–H groups in total. The summed E-state index contributed by atoms with van der Waals surface area (Å²) in [5.41, 5.74) is 0. The lowest BCUT2D eigenvalue weighted by Gasteiger charge is -2.26. The fourth-order valence-electron chi connectivity index (χ4n) is 2.03. The maximum atomic E-state index is 11.6. The number of aliphatic carboxylic acids is 1. The molecule has 1 saturated heterocycles. The van der Waals surface area contributed by atoms with Crippen molar-refractivity contribution in [1.82, 2.24) is 15.5 Å². The number of thioether (sulfide) groups is 1. The molecule has 0 bridgehead atoms. The molecule has 7 heteroatoms. The Kier molecular flexibility index (Phi) is 7.76. The highest BCUT2D eigenvalue weighted by molar-refractivity contribution is 7.99. The van der Waals surface area contributed by atoms with Crippen LogP contribution in [0.3, 0.4) is 0 Å². The summed E-state index contributed by atoms with van der Waals surface area (Å²) in [5, 5.41) is 14.4. The van der Waals surface area contributed by atoms with Crippen molar-refractivity contribution in [3.63, 3.8) is 0 Å². The number of nitrogens with one attached hydrogen (secondary N) is 2. The Balaban J connectivity index is 2.14. The molecule has 20 heavy (non-hydrogen) atoms. The van der Waals surface area contributed by atoms with E-state index >= 15 is 0 Å². The van der Waals surface area contributed by atoms with Crippen LogP contribution in [0.1, 0.15) is 13.8 Å². The van der Waals surface area contributed by atoms with Crippen LogP contribution in [-0.2, 0) is 4.79 Å². The number of carboxylic acids is 1. The van der Waals surface area contributed by atoms with Gasteiger partial charge in [-0.1, -0.05) is 13.8 Å². The molecule has 1 heterocycles. The zero-order valence-electron chi connectivity index (χ0n) is 12.2. The molecule has 0 saturated carbocycles. The van der Waals surface area contributed by atoms with Gasteiger partial charge in [0.25, 0.3) is 0 Å². The van der Waals surface area contributed by atoms with E-state index < -0.39 is 11.9 Å². The first-order valence-corrected chi connectivity index (χ1v) is 8.20. The summed E-state index contributed by atoms with van der Waals surface area (Å²) in [5.74, 6) is 0.895. The number of rotatable bonds is 7. The van der Waals surface area contributed by atoms with E-state index in [9.17, 15) is 9.59 Å². The molecular weight excluding hydrogens is 278 g/mol. The van der Waals surface area contributed by atoms with Crippen LogP contribution in [0.4, 0.5) is 4.79 Å². The van der Waals surface area contributed by atoms with Crippen LogP contribution in [0.2, 0.25) is 0 Å². The Morgan fingerprint density at radius 1 is 1.25 bits per heavy atom. The lowest BCUT2D eigenvalue weighted by molar-refractivity contribution is -0.142. The lowest BCUT2D eigenvalue weighted by atomic mass is 9.96. The summed E-state index contributed by atoms with van der Waals surface area (Å²) in [6.45, 7) is 7.43. The van der Waals surface area contributed by atoms with E-state index in [0.717, 1.165) is 31.1 Å². The van der Waals surface area contributed by atoms with Gasteiger partial charge in [0.05, 0.1) is 5.92 Å². The van der Waals surface area contributed by atoms with E-state index in [4.69, 9.17) is 5.11 Å². The smallest absolute Gasteiger partial charge is 0.314 e. The number of amides is 2. The van der Waals surface area contributed by atoms with E-state index in [0.29, 0.717) is 6.54 Å². The van der Waals surface area contributed by atoms with Crippen LogP contribution in [0.5, 0.6) is 0 Å². The van der Waals surface area contributed by atoms with Crippen LogP contribution in [0, 0.1) is 11.8 Å². The normalized spacial score (nSPS) is 17.8. The Morgan fingerprint density at radius 2 is 1.90 bits per heavy atom. The molecule has 116 valence electrons. The third-order valence-electron chi connectivity index (χ3n) is 3.42. The summed E-state index contributed by atoms with van der Waals surface area (Å²) in [6.07, 6.45) is 0.